The number of ether oxygens (including phenoxy) is 1. The quantitative estimate of drug-likeness (QED) is 0.867. The van der Waals surface area contributed by atoms with E-state index in [1.807, 2.05) is 17.7 Å². The van der Waals surface area contributed by atoms with Crippen molar-refractivity contribution < 1.29 is 9.13 Å². The number of hydrogen-bond donors (Lipinski definition) is 0. The van der Waals surface area contributed by atoms with Crippen LogP contribution in [0.2, 0.25) is 0 Å². The molecule has 2 rings (SSSR count). The van der Waals surface area contributed by atoms with Crippen LogP contribution in [0.5, 0.6) is 5.75 Å². The van der Waals surface area contributed by atoms with Gasteiger partial charge in [0.15, 0.2) is 0 Å². The van der Waals surface area contributed by atoms with Gasteiger partial charge in [-0.2, -0.15) is 0 Å². The third-order valence-electron chi connectivity index (χ3n) is 2.42. The highest BCUT2D eigenvalue weighted by molar-refractivity contribution is 9.10. The van der Waals surface area contributed by atoms with E-state index in [-0.39, 0.29) is 5.82 Å². The van der Waals surface area contributed by atoms with E-state index >= 15 is 0 Å². The van der Waals surface area contributed by atoms with Crippen LogP contribution >= 0.6 is 15.9 Å². The second-order valence-electron chi connectivity index (χ2n) is 3.59. The molecule has 90 valence electrons. The molecule has 17 heavy (non-hydrogen) atoms. The minimum atomic E-state index is -0.318. The van der Waals surface area contributed by atoms with E-state index in [1.54, 1.807) is 18.3 Å². The van der Waals surface area contributed by atoms with Gasteiger partial charge >= 0.3 is 0 Å². The summed E-state index contributed by atoms with van der Waals surface area (Å²) in [5.41, 5.74) is 0. The molecule has 3 nitrogen and oxygen atoms in total. The van der Waals surface area contributed by atoms with E-state index in [1.165, 1.54) is 6.07 Å². The van der Waals surface area contributed by atoms with Gasteiger partial charge in [0, 0.05) is 18.5 Å². The fourth-order valence-electron chi connectivity index (χ4n) is 1.47. The first-order valence-corrected chi connectivity index (χ1v) is 6.01. The molecule has 0 N–H and O–H groups in total. The minimum Gasteiger partial charge on any atom is -0.492 e. The molecular weight excluding hydrogens is 287 g/mol. The summed E-state index contributed by atoms with van der Waals surface area (Å²) in [6.07, 6.45) is 3.63. The number of imidazole rings is 1. The van der Waals surface area contributed by atoms with Crippen LogP contribution < -0.4 is 4.74 Å². The maximum atomic E-state index is 13.2. The predicted octanol–water partition coefficient (Wildman–Crippen LogP) is 3.17. The van der Waals surface area contributed by atoms with Crippen molar-refractivity contribution in [1.29, 1.82) is 0 Å². The molecule has 0 amide bonds. The van der Waals surface area contributed by atoms with Gasteiger partial charge in [-0.3, -0.25) is 0 Å². The summed E-state index contributed by atoms with van der Waals surface area (Å²) in [6, 6.07) is 4.73. The molecule has 1 heterocycles. The standard InChI is InChI=1S/C12H12BrFN2O/c1-9-15-4-5-16(9)6-7-17-10-2-3-11(13)12(14)8-10/h2-5,8H,6-7H2,1H3. The molecule has 0 fully saturated rings. The zero-order valence-electron chi connectivity index (χ0n) is 9.36. The lowest BCUT2D eigenvalue weighted by Gasteiger charge is -2.08. The number of hydrogen-bond acceptors (Lipinski definition) is 2. The maximum Gasteiger partial charge on any atom is 0.141 e. The van der Waals surface area contributed by atoms with Crippen molar-refractivity contribution in [2.75, 3.05) is 6.61 Å². The molecule has 0 aliphatic heterocycles. The first-order chi connectivity index (χ1) is 8.16. The normalized spacial score (nSPS) is 10.5. The van der Waals surface area contributed by atoms with Crippen molar-refractivity contribution in [2.45, 2.75) is 13.5 Å². The minimum absolute atomic E-state index is 0.318. The Hall–Kier alpha value is -1.36. The summed E-state index contributed by atoms with van der Waals surface area (Å²) in [4.78, 5) is 4.11. The molecular formula is C12H12BrFN2O. The van der Waals surface area contributed by atoms with Gasteiger partial charge in [-0.05, 0) is 35.0 Å². The van der Waals surface area contributed by atoms with Crippen LogP contribution in [0.1, 0.15) is 5.82 Å². The van der Waals surface area contributed by atoms with Gasteiger partial charge in [0.2, 0.25) is 0 Å². The van der Waals surface area contributed by atoms with E-state index in [0.717, 1.165) is 5.82 Å². The largest absolute Gasteiger partial charge is 0.492 e. The first kappa shape index (κ1) is 12.1. The lowest BCUT2D eigenvalue weighted by Crippen LogP contribution is -2.08. The zero-order chi connectivity index (χ0) is 12.3. The van der Waals surface area contributed by atoms with E-state index in [0.29, 0.717) is 23.4 Å². The monoisotopic (exact) mass is 298 g/mol. The smallest absolute Gasteiger partial charge is 0.141 e. The lowest BCUT2D eigenvalue weighted by atomic mass is 10.3. The zero-order valence-corrected chi connectivity index (χ0v) is 10.9. The van der Waals surface area contributed by atoms with Crippen LogP contribution in [0.25, 0.3) is 0 Å². The number of aryl methyl sites for hydroxylation is 1. The van der Waals surface area contributed by atoms with Crippen LogP contribution in [-0.2, 0) is 6.54 Å². The SMILES string of the molecule is Cc1nccn1CCOc1ccc(Br)c(F)c1. The number of aromatic nitrogens is 2. The Kier molecular flexibility index (Phi) is 3.78. The Morgan fingerprint density at radius 2 is 2.29 bits per heavy atom. The Morgan fingerprint density at radius 1 is 1.47 bits per heavy atom. The van der Waals surface area contributed by atoms with E-state index in [2.05, 4.69) is 20.9 Å². The van der Waals surface area contributed by atoms with Gasteiger partial charge in [-0.15, -0.1) is 0 Å². The molecule has 0 unspecified atom stereocenters. The average molecular weight is 299 g/mol. The summed E-state index contributed by atoms with van der Waals surface area (Å²) in [7, 11) is 0. The van der Waals surface area contributed by atoms with Crippen LogP contribution in [0.3, 0.4) is 0 Å². The molecule has 0 bridgehead atoms. The molecule has 0 aliphatic carbocycles. The Morgan fingerprint density at radius 3 is 2.94 bits per heavy atom. The van der Waals surface area contributed by atoms with E-state index in [9.17, 15) is 4.39 Å². The molecule has 0 aliphatic rings. The second kappa shape index (κ2) is 5.31. The predicted molar refractivity (Wildman–Crippen MR) is 66.6 cm³/mol. The average Bonchev–Trinajstić information content (AvgIpc) is 2.70. The lowest BCUT2D eigenvalue weighted by molar-refractivity contribution is 0.295. The summed E-state index contributed by atoms with van der Waals surface area (Å²) in [5, 5.41) is 0. The highest BCUT2D eigenvalue weighted by Gasteiger charge is 2.02. The van der Waals surface area contributed by atoms with Crippen molar-refractivity contribution in [3.63, 3.8) is 0 Å². The second-order valence-corrected chi connectivity index (χ2v) is 4.45. The number of halogens is 2. The molecule has 0 saturated heterocycles. The van der Waals surface area contributed by atoms with Gasteiger partial charge in [0.25, 0.3) is 0 Å². The maximum absolute atomic E-state index is 13.2. The van der Waals surface area contributed by atoms with Gasteiger partial charge in [-0.1, -0.05) is 0 Å². The highest BCUT2D eigenvalue weighted by atomic mass is 79.9. The molecule has 2 aromatic rings. The fourth-order valence-corrected chi connectivity index (χ4v) is 1.72. The van der Waals surface area contributed by atoms with Crippen LogP contribution in [0.15, 0.2) is 35.1 Å². The molecule has 0 saturated carbocycles. The molecule has 0 atom stereocenters. The Labute approximate surface area is 107 Å². The van der Waals surface area contributed by atoms with Crippen molar-refractivity contribution in [3.8, 4) is 5.75 Å². The summed E-state index contributed by atoms with van der Waals surface area (Å²) < 4.78 is 21.1. The molecule has 1 aromatic carbocycles. The van der Waals surface area contributed by atoms with Crippen molar-refractivity contribution >= 4 is 15.9 Å². The summed E-state index contributed by atoms with van der Waals surface area (Å²) in [5.74, 6) is 1.15. The third kappa shape index (κ3) is 3.06. The van der Waals surface area contributed by atoms with Crippen molar-refractivity contribution in [3.05, 3.63) is 46.7 Å². The number of benzene rings is 1. The number of nitrogens with zero attached hydrogens (tertiary/aromatic N) is 2. The van der Waals surface area contributed by atoms with Gasteiger partial charge in [-0.25, -0.2) is 9.37 Å². The Bertz CT molecular complexity index is 513. The van der Waals surface area contributed by atoms with E-state index < -0.39 is 0 Å². The van der Waals surface area contributed by atoms with Gasteiger partial charge in [0.05, 0.1) is 11.0 Å². The first-order valence-electron chi connectivity index (χ1n) is 5.22. The Balaban J connectivity index is 1.90. The van der Waals surface area contributed by atoms with Crippen molar-refractivity contribution in [2.24, 2.45) is 0 Å². The third-order valence-corrected chi connectivity index (χ3v) is 3.06. The van der Waals surface area contributed by atoms with Crippen LogP contribution in [0, 0.1) is 12.7 Å². The molecule has 5 heteroatoms. The van der Waals surface area contributed by atoms with Crippen molar-refractivity contribution in [1.82, 2.24) is 9.55 Å². The van der Waals surface area contributed by atoms with Crippen LogP contribution in [-0.4, -0.2) is 16.2 Å². The van der Waals surface area contributed by atoms with Crippen LogP contribution in [0.4, 0.5) is 4.39 Å². The van der Waals surface area contributed by atoms with Gasteiger partial charge in [0.1, 0.15) is 24.0 Å². The van der Waals surface area contributed by atoms with E-state index in [4.69, 9.17) is 4.74 Å². The highest BCUT2D eigenvalue weighted by Crippen LogP contribution is 2.20. The molecule has 1 aromatic heterocycles. The van der Waals surface area contributed by atoms with Gasteiger partial charge < -0.3 is 9.30 Å². The molecule has 0 radical (unpaired) electrons. The fraction of sp³-hybridized carbons (Fsp3) is 0.250. The number of rotatable bonds is 4. The summed E-state index contributed by atoms with van der Waals surface area (Å²) >= 11 is 3.10. The summed E-state index contributed by atoms with van der Waals surface area (Å²) in [6.45, 7) is 3.11. The molecule has 0 spiro atoms. The topological polar surface area (TPSA) is 27.1 Å².